The molecule has 0 aliphatic heterocycles. The summed E-state index contributed by atoms with van der Waals surface area (Å²) in [6.45, 7) is 6.01. The van der Waals surface area contributed by atoms with Crippen molar-refractivity contribution in [2.45, 2.75) is 30.4 Å². The topological polar surface area (TPSA) is 37.8 Å². The summed E-state index contributed by atoms with van der Waals surface area (Å²) in [4.78, 5) is 9.74. The number of hydrogen-bond donors (Lipinski definition) is 1. The van der Waals surface area contributed by atoms with Crippen LogP contribution in [0.15, 0.2) is 46.7 Å². The van der Waals surface area contributed by atoms with E-state index in [4.69, 9.17) is 0 Å². The molecular formula is C14H17N3S. The van der Waals surface area contributed by atoms with Crippen LogP contribution in [0.5, 0.6) is 0 Å². The predicted molar refractivity (Wildman–Crippen MR) is 74.7 cm³/mol. The normalized spacial score (nSPS) is 10.6. The lowest BCUT2D eigenvalue weighted by Crippen LogP contribution is -2.11. The fourth-order valence-electron chi connectivity index (χ4n) is 1.48. The molecule has 3 nitrogen and oxygen atoms in total. The SMILES string of the molecule is CCNCc1ccc(Sc2ncc(C)cn2)cc1. The lowest BCUT2D eigenvalue weighted by Gasteiger charge is -2.04. The van der Waals surface area contributed by atoms with Crippen molar-refractivity contribution in [3.05, 3.63) is 47.8 Å². The molecule has 0 spiro atoms. The smallest absolute Gasteiger partial charge is 0.192 e. The zero-order chi connectivity index (χ0) is 12.8. The maximum Gasteiger partial charge on any atom is 0.192 e. The molecule has 1 heterocycles. The lowest BCUT2D eigenvalue weighted by atomic mass is 10.2. The van der Waals surface area contributed by atoms with Crippen LogP contribution >= 0.6 is 11.8 Å². The maximum atomic E-state index is 4.29. The number of aromatic nitrogens is 2. The van der Waals surface area contributed by atoms with Crippen molar-refractivity contribution < 1.29 is 0 Å². The van der Waals surface area contributed by atoms with Gasteiger partial charge in [0, 0.05) is 23.8 Å². The fraction of sp³-hybridized carbons (Fsp3) is 0.286. The minimum Gasteiger partial charge on any atom is -0.313 e. The van der Waals surface area contributed by atoms with Crippen molar-refractivity contribution in [2.75, 3.05) is 6.54 Å². The van der Waals surface area contributed by atoms with E-state index < -0.39 is 0 Å². The Balaban J connectivity index is 1.99. The zero-order valence-corrected chi connectivity index (χ0v) is 11.5. The van der Waals surface area contributed by atoms with E-state index in [1.807, 2.05) is 19.3 Å². The fourth-order valence-corrected chi connectivity index (χ4v) is 2.18. The summed E-state index contributed by atoms with van der Waals surface area (Å²) >= 11 is 1.59. The van der Waals surface area contributed by atoms with Crippen LogP contribution in [0.2, 0.25) is 0 Å². The molecule has 4 heteroatoms. The van der Waals surface area contributed by atoms with Gasteiger partial charge < -0.3 is 5.32 Å². The second kappa shape index (κ2) is 6.52. The molecule has 1 N–H and O–H groups in total. The van der Waals surface area contributed by atoms with E-state index in [1.165, 1.54) is 10.5 Å². The third kappa shape index (κ3) is 3.82. The van der Waals surface area contributed by atoms with Crippen molar-refractivity contribution in [2.24, 2.45) is 0 Å². The molecule has 0 saturated carbocycles. The number of aryl methyl sites for hydroxylation is 1. The first kappa shape index (κ1) is 13.1. The predicted octanol–water partition coefficient (Wildman–Crippen LogP) is 3.05. The number of rotatable bonds is 5. The molecule has 0 aliphatic carbocycles. The Bertz CT molecular complexity index is 479. The highest BCUT2D eigenvalue weighted by Gasteiger charge is 2.00. The van der Waals surface area contributed by atoms with Gasteiger partial charge in [0.15, 0.2) is 5.16 Å². The van der Waals surface area contributed by atoms with Gasteiger partial charge in [0.2, 0.25) is 0 Å². The Morgan fingerprint density at radius 3 is 2.39 bits per heavy atom. The molecule has 0 radical (unpaired) electrons. The van der Waals surface area contributed by atoms with Gasteiger partial charge in [-0.25, -0.2) is 9.97 Å². The highest BCUT2D eigenvalue weighted by Crippen LogP contribution is 2.24. The van der Waals surface area contributed by atoms with Crippen molar-refractivity contribution in [1.29, 1.82) is 0 Å². The van der Waals surface area contributed by atoms with Gasteiger partial charge in [-0.1, -0.05) is 19.1 Å². The van der Waals surface area contributed by atoms with Crippen LogP contribution in [0.1, 0.15) is 18.1 Å². The van der Waals surface area contributed by atoms with Gasteiger partial charge in [0.1, 0.15) is 0 Å². The van der Waals surface area contributed by atoms with Crippen LogP contribution < -0.4 is 5.32 Å². The van der Waals surface area contributed by atoms with Gasteiger partial charge in [-0.3, -0.25) is 0 Å². The second-order valence-electron chi connectivity index (χ2n) is 4.07. The highest BCUT2D eigenvalue weighted by molar-refractivity contribution is 7.99. The first-order valence-electron chi connectivity index (χ1n) is 6.04. The third-order valence-electron chi connectivity index (χ3n) is 2.47. The van der Waals surface area contributed by atoms with Crippen LogP contribution in [0, 0.1) is 6.92 Å². The Labute approximate surface area is 112 Å². The number of benzene rings is 1. The van der Waals surface area contributed by atoms with Gasteiger partial charge in [-0.15, -0.1) is 0 Å². The number of nitrogens with one attached hydrogen (secondary N) is 1. The summed E-state index contributed by atoms with van der Waals surface area (Å²) in [5, 5.41) is 4.10. The first-order chi connectivity index (χ1) is 8.78. The summed E-state index contributed by atoms with van der Waals surface area (Å²) < 4.78 is 0. The highest BCUT2D eigenvalue weighted by atomic mass is 32.2. The van der Waals surface area contributed by atoms with Crippen LogP contribution in [-0.4, -0.2) is 16.5 Å². The molecule has 0 saturated heterocycles. The Morgan fingerprint density at radius 2 is 1.78 bits per heavy atom. The summed E-state index contributed by atoms with van der Waals surface area (Å²) in [6, 6.07) is 8.50. The van der Waals surface area contributed by atoms with Gasteiger partial charge in [0.25, 0.3) is 0 Å². The molecule has 94 valence electrons. The van der Waals surface area contributed by atoms with Crippen LogP contribution in [-0.2, 0) is 6.54 Å². The quantitative estimate of drug-likeness (QED) is 0.838. The number of hydrogen-bond acceptors (Lipinski definition) is 4. The van der Waals surface area contributed by atoms with Gasteiger partial charge >= 0.3 is 0 Å². The minimum absolute atomic E-state index is 0.792. The zero-order valence-electron chi connectivity index (χ0n) is 10.7. The Kier molecular flexibility index (Phi) is 4.73. The van der Waals surface area contributed by atoms with E-state index in [1.54, 1.807) is 11.8 Å². The van der Waals surface area contributed by atoms with Crippen LogP contribution in [0.4, 0.5) is 0 Å². The van der Waals surface area contributed by atoms with Crippen molar-refractivity contribution in [3.8, 4) is 0 Å². The van der Waals surface area contributed by atoms with E-state index in [9.17, 15) is 0 Å². The third-order valence-corrected chi connectivity index (χ3v) is 3.37. The van der Waals surface area contributed by atoms with Crippen molar-refractivity contribution in [1.82, 2.24) is 15.3 Å². The van der Waals surface area contributed by atoms with E-state index in [0.29, 0.717) is 0 Å². The molecule has 0 unspecified atom stereocenters. The largest absolute Gasteiger partial charge is 0.313 e. The van der Waals surface area contributed by atoms with Crippen LogP contribution in [0.3, 0.4) is 0 Å². The van der Waals surface area contributed by atoms with Crippen molar-refractivity contribution in [3.63, 3.8) is 0 Å². The number of nitrogens with zero attached hydrogens (tertiary/aromatic N) is 2. The Morgan fingerprint density at radius 1 is 1.11 bits per heavy atom. The average Bonchev–Trinajstić information content (AvgIpc) is 2.41. The molecule has 2 rings (SSSR count). The molecule has 18 heavy (non-hydrogen) atoms. The first-order valence-corrected chi connectivity index (χ1v) is 6.85. The van der Waals surface area contributed by atoms with E-state index in [2.05, 4.69) is 46.5 Å². The summed E-state index contributed by atoms with van der Waals surface area (Å²) in [5.41, 5.74) is 2.38. The molecule has 0 bridgehead atoms. The molecule has 0 atom stereocenters. The molecule has 2 aromatic rings. The molecule has 0 fully saturated rings. The van der Waals surface area contributed by atoms with Gasteiger partial charge in [-0.2, -0.15) is 0 Å². The van der Waals surface area contributed by atoms with E-state index >= 15 is 0 Å². The summed E-state index contributed by atoms with van der Waals surface area (Å²) in [7, 11) is 0. The van der Waals surface area contributed by atoms with Crippen molar-refractivity contribution >= 4 is 11.8 Å². The van der Waals surface area contributed by atoms with E-state index in [0.717, 1.165) is 23.8 Å². The lowest BCUT2D eigenvalue weighted by molar-refractivity contribution is 0.726. The maximum absolute atomic E-state index is 4.29. The summed E-state index contributed by atoms with van der Waals surface area (Å²) in [6.07, 6.45) is 3.68. The van der Waals surface area contributed by atoms with Crippen LogP contribution in [0.25, 0.3) is 0 Å². The standard InChI is InChI=1S/C14H17N3S/c1-3-15-10-12-4-6-13(7-5-12)18-14-16-8-11(2)9-17-14/h4-9,15H,3,10H2,1-2H3. The second-order valence-corrected chi connectivity index (χ2v) is 5.11. The molecule has 0 amide bonds. The van der Waals surface area contributed by atoms with Gasteiger partial charge in [0.05, 0.1) is 0 Å². The average molecular weight is 259 g/mol. The Hall–Kier alpha value is -1.39. The summed E-state index contributed by atoms with van der Waals surface area (Å²) in [5.74, 6) is 0. The van der Waals surface area contributed by atoms with E-state index in [-0.39, 0.29) is 0 Å². The molecular weight excluding hydrogens is 242 g/mol. The molecule has 1 aromatic carbocycles. The van der Waals surface area contributed by atoms with Gasteiger partial charge in [-0.05, 0) is 48.5 Å². The monoisotopic (exact) mass is 259 g/mol. The molecule has 1 aromatic heterocycles. The minimum atomic E-state index is 0.792. The molecule has 0 aliphatic rings.